The van der Waals surface area contributed by atoms with Gasteiger partial charge < -0.3 is 14.4 Å². The Hall–Kier alpha value is -3.14. The van der Waals surface area contributed by atoms with E-state index >= 15 is 0 Å². The van der Waals surface area contributed by atoms with E-state index in [9.17, 15) is 14.4 Å². The van der Waals surface area contributed by atoms with Crippen LogP contribution in [0, 0.1) is 13.8 Å². The third-order valence-corrected chi connectivity index (χ3v) is 6.35. The Morgan fingerprint density at radius 2 is 1.91 bits per heavy atom. The van der Waals surface area contributed by atoms with Crippen LogP contribution in [0.4, 0.5) is 4.79 Å². The number of thiazole rings is 1. The zero-order valence-corrected chi connectivity index (χ0v) is 19.3. The van der Waals surface area contributed by atoms with Crippen molar-refractivity contribution in [2.75, 3.05) is 26.3 Å². The summed E-state index contributed by atoms with van der Waals surface area (Å²) < 4.78 is 10.4. The number of aryl methyl sites for hydroxylation is 2. The lowest BCUT2D eigenvalue weighted by molar-refractivity contribution is -0.134. The average Bonchev–Trinajstić information content (AvgIpc) is 3.29. The second kappa shape index (κ2) is 10.9. The number of rotatable bonds is 6. The summed E-state index contributed by atoms with van der Waals surface area (Å²) in [6, 6.07) is 5.80. The first-order valence-corrected chi connectivity index (χ1v) is 11.4. The SMILES string of the molecule is CCOC(=O)NNC(=O)c1csc(C2CCN(C(=O)COc3ccc(C)c(C)c3)CC2)n1. The van der Waals surface area contributed by atoms with Crippen LogP contribution in [0.5, 0.6) is 5.75 Å². The highest BCUT2D eigenvalue weighted by atomic mass is 32.1. The molecule has 0 atom stereocenters. The molecule has 32 heavy (non-hydrogen) atoms. The van der Waals surface area contributed by atoms with Crippen molar-refractivity contribution in [1.82, 2.24) is 20.7 Å². The van der Waals surface area contributed by atoms with Gasteiger partial charge in [0.2, 0.25) is 0 Å². The Bertz CT molecular complexity index is 969. The van der Waals surface area contributed by atoms with E-state index in [-0.39, 0.29) is 30.7 Å². The molecule has 0 spiro atoms. The molecule has 9 nitrogen and oxygen atoms in total. The van der Waals surface area contributed by atoms with Crippen LogP contribution in [0.3, 0.4) is 0 Å². The van der Waals surface area contributed by atoms with E-state index in [0.29, 0.717) is 18.8 Å². The smallest absolute Gasteiger partial charge is 0.426 e. The Morgan fingerprint density at radius 3 is 2.59 bits per heavy atom. The summed E-state index contributed by atoms with van der Waals surface area (Å²) in [6.45, 7) is 7.18. The number of piperidine rings is 1. The van der Waals surface area contributed by atoms with E-state index in [1.165, 1.54) is 16.9 Å². The number of ether oxygens (including phenoxy) is 2. The lowest BCUT2D eigenvalue weighted by Crippen LogP contribution is -2.42. The van der Waals surface area contributed by atoms with Crippen molar-refractivity contribution in [3.05, 3.63) is 45.4 Å². The standard InChI is InChI=1S/C22H28N4O5S/c1-4-30-22(29)25-24-20(28)18-13-32-21(23-18)16-7-9-26(10-8-16)19(27)12-31-17-6-5-14(2)15(3)11-17/h5-6,11,13,16H,4,7-10,12H2,1-3H3,(H,24,28)(H,25,29). The number of hydrogen-bond donors (Lipinski definition) is 2. The molecule has 0 bridgehead atoms. The lowest BCUT2D eigenvalue weighted by atomic mass is 9.97. The van der Waals surface area contributed by atoms with Crippen molar-refractivity contribution < 1.29 is 23.9 Å². The molecule has 172 valence electrons. The van der Waals surface area contributed by atoms with Gasteiger partial charge in [0.1, 0.15) is 11.4 Å². The molecule has 1 aliphatic heterocycles. The molecule has 0 saturated carbocycles. The molecule has 10 heteroatoms. The average molecular weight is 461 g/mol. The summed E-state index contributed by atoms with van der Waals surface area (Å²) in [7, 11) is 0. The Morgan fingerprint density at radius 1 is 1.16 bits per heavy atom. The highest BCUT2D eigenvalue weighted by Crippen LogP contribution is 2.30. The van der Waals surface area contributed by atoms with Gasteiger partial charge in [-0.1, -0.05) is 6.07 Å². The number of aromatic nitrogens is 1. The topological polar surface area (TPSA) is 110 Å². The van der Waals surface area contributed by atoms with Crippen LogP contribution in [0.25, 0.3) is 0 Å². The van der Waals surface area contributed by atoms with Crippen LogP contribution >= 0.6 is 11.3 Å². The highest BCUT2D eigenvalue weighted by Gasteiger charge is 2.26. The maximum atomic E-state index is 12.5. The first-order valence-electron chi connectivity index (χ1n) is 10.5. The van der Waals surface area contributed by atoms with Crippen LogP contribution in [-0.4, -0.2) is 54.1 Å². The molecule has 0 unspecified atom stereocenters. The number of hydrazine groups is 1. The van der Waals surface area contributed by atoms with Gasteiger partial charge in [0.05, 0.1) is 11.6 Å². The molecule has 0 radical (unpaired) electrons. The van der Waals surface area contributed by atoms with E-state index in [0.717, 1.165) is 23.4 Å². The maximum Gasteiger partial charge on any atom is 0.426 e. The maximum absolute atomic E-state index is 12.5. The normalized spacial score (nSPS) is 14.0. The summed E-state index contributed by atoms with van der Waals surface area (Å²) >= 11 is 1.40. The predicted molar refractivity (Wildman–Crippen MR) is 120 cm³/mol. The van der Waals surface area contributed by atoms with Crippen LogP contribution in [0.1, 0.15) is 52.3 Å². The van der Waals surface area contributed by atoms with Crippen LogP contribution in [0.2, 0.25) is 0 Å². The highest BCUT2D eigenvalue weighted by molar-refractivity contribution is 7.09. The quantitative estimate of drug-likeness (QED) is 0.642. The van der Waals surface area contributed by atoms with E-state index in [1.807, 2.05) is 36.9 Å². The number of nitrogens with one attached hydrogen (secondary N) is 2. The minimum Gasteiger partial charge on any atom is -0.484 e. The van der Waals surface area contributed by atoms with Crippen molar-refractivity contribution in [1.29, 1.82) is 0 Å². The number of benzene rings is 1. The third kappa shape index (κ3) is 6.19. The van der Waals surface area contributed by atoms with Gasteiger partial charge in [0.25, 0.3) is 11.8 Å². The number of amides is 3. The Labute approximate surface area is 191 Å². The zero-order chi connectivity index (χ0) is 23.1. The summed E-state index contributed by atoms with van der Waals surface area (Å²) in [6.07, 6.45) is 0.811. The van der Waals surface area contributed by atoms with E-state index in [1.54, 1.807) is 12.3 Å². The van der Waals surface area contributed by atoms with Crippen molar-refractivity contribution in [2.24, 2.45) is 0 Å². The Balaban J connectivity index is 1.45. The minimum absolute atomic E-state index is 0.0161. The molecule has 0 aliphatic carbocycles. The summed E-state index contributed by atoms with van der Waals surface area (Å²) in [5.74, 6) is 0.342. The molecule has 3 amide bonds. The fourth-order valence-electron chi connectivity index (χ4n) is 3.33. The van der Waals surface area contributed by atoms with Crippen molar-refractivity contribution >= 4 is 29.2 Å². The molecule has 2 heterocycles. The summed E-state index contributed by atoms with van der Waals surface area (Å²) in [4.78, 5) is 42.1. The molecule has 3 rings (SSSR count). The molecule has 1 aliphatic rings. The molecular formula is C22H28N4O5S. The fraction of sp³-hybridized carbons (Fsp3) is 0.455. The lowest BCUT2D eigenvalue weighted by Gasteiger charge is -2.31. The van der Waals surface area contributed by atoms with Gasteiger partial charge >= 0.3 is 6.09 Å². The number of carbonyl (C=O) groups excluding carboxylic acids is 3. The Kier molecular flexibility index (Phi) is 8.04. The molecule has 1 saturated heterocycles. The first-order chi connectivity index (χ1) is 15.4. The van der Waals surface area contributed by atoms with Gasteiger partial charge in [-0.3, -0.25) is 15.0 Å². The van der Waals surface area contributed by atoms with Crippen molar-refractivity contribution in [3.63, 3.8) is 0 Å². The number of likely N-dealkylation sites (tertiary alicyclic amines) is 1. The van der Waals surface area contributed by atoms with Gasteiger partial charge in [0.15, 0.2) is 6.61 Å². The minimum atomic E-state index is -0.727. The molecular weight excluding hydrogens is 432 g/mol. The molecule has 1 fully saturated rings. The van der Waals surface area contributed by atoms with Gasteiger partial charge in [-0.2, -0.15) is 0 Å². The van der Waals surface area contributed by atoms with Crippen molar-refractivity contribution in [2.45, 2.75) is 39.5 Å². The molecule has 2 aromatic rings. The number of carbonyl (C=O) groups is 3. The molecule has 2 N–H and O–H groups in total. The zero-order valence-electron chi connectivity index (χ0n) is 18.5. The molecule has 1 aromatic carbocycles. The monoisotopic (exact) mass is 460 g/mol. The van der Waals surface area contributed by atoms with Crippen LogP contribution in [0.15, 0.2) is 23.6 Å². The van der Waals surface area contributed by atoms with Gasteiger partial charge in [-0.25, -0.2) is 15.2 Å². The van der Waals surface area contributed by atoms with E-state index in [4.69, 9.17) is 4.74 Å². The molecule has 1 aromatic heterocycles. The van der Waals surface area contributed by atoms with Crippen molar-refractivity contribution in [3.8, 4) is 5.75 Å². The summed E-state index contributed by atoms with van der Waals surface area (Å²) in [5, 5.41) is 2.51. The van der Waals surface area contributed by atoms with E-state index < -0.39 is 12.0 Å². The summed E-state index contributed by atoms with van der Waals surface area (Å²) in [5.41, 5.74) is 6.99. The predicted octanol–water partition coefficient (Wildman–Crippen LogP) is 2.94. The first kappa shape index (κ1) is 23.5. The van der Waals surface area contributed by atoms with Crippen LogP contribution < -0.4 is 15.6 Å². The van der Waals surface area contributed by atoms with Gasteiger partial charge in [-0.05, 0) is 56.9 Å². The van der Waals surface area contributed by atoms with Gasteiger partial charge in [-0.15, -0.1) is 11.3 Å². The van der Waals surface area contributed by atoms with E-state index in [2.05, 4.69) is 20.6 Å². The number of nitrogens with zero attached hydrogens (tertiary/aromatic N) is 2. The van der Waals surface area contributed by atoms with Gasteiger partial charge in [0, 0.05) is 24.4 Å². The fourth-order valence-corrected chi connectivity index (χ4v) is 4.31. The largest absolute Gasteiger partial charge is 0.484 e. The third-order valence-electron chi connectivity index (χ3n) is 5.35. The van der Waals surface area contributed by atoms with Crippen LogP contribution in [-0.2, 0) is 9.53 Å². The number of hydrogen-bond acceptors (Lipinski definition) is 7. The second-order valence-electron chi connectivity index (χ2n) is 7.56. The second-order valence-corrected chi connectivity index (χ2v) is 8.45.